The number of fused-ring (bicyclic) bond motifs is 1. The number of pyridine rings is 2. The van der Waals surface area contributed by atoms with E-state index in [1.54, 1.807) is 58.9 Å². The minimum atomic E-state index is -5.02. The number of ether oxygens (including phenoxy) is 7. The van der Waals surface area contributed by atoms with Gasteiger partial charge in [-0.3, -0.25) is 4.90 Å². The van der Waals surface area contributed by atoms with Gasteiger partial charge in [-0.15, -0.1) is 0 Å². The molecule has 8 aromatic rings. The summed E-state index contributed by atoms with van der Waals surface area (Å²) in [5.74, 6) is 2.47. The highest BCUT2D eigenvalue weighted by Crippen LogP contribution is 2.52. The summed E-state index contributed by atoms with van der Waals surface area (Å²) in [6, 6.07) is 35.1. The minimum Gasteiger partial charge on any atom is -0.497 e. The third kappa shape index (κ3) is 12.5. The van der Waals surface area contributed by atoms with Crippen molar-refractivity contribution in [2.24, 2.45) is 0 Å². The van der Waals surface area contributed by atoms with Gasteiger partial charge in [-0.2, -0.15) is 23.1 Å². The maximum absolute atomic E-state index is 18.7. The molecule has 0 amide bonds. The van der Waals surface area contributed by atoms with Crippen LogP contribution < -0.4 is 43.1 Å². The fourth-order valence-electron chi connectivity index (χ4n) is 11.8. The fraction of sp³-hybridized carbons (Fsp3) is 0.354. The van der Waals surface area contributed by atoms with Crippen LogP contribution >= 0.6 is 11.6 Å². The molecule has 20 heteroatoms. The van der Waals surface area contributed by atoms with Crippen LogP contribution in [0.15, 0.2) is 121 Å². The molecule has 6 heterocycles. The molecule has 85 heavy (non-hydrogen) atoms. The molecule has 0 saturated carbocycles. The van der Waals surface area contributed by atoms with Gasteiger partial charge in [-0.05, 0) is 122 Å². The average molecular weight is 1180 g/mol. The molecule has 0 aliphatic carbocycles. The van der Waals surface area contributed by atoms with Crippen molar-refractivity contribution in [1.29, 1.82) is 0 Å². The Bertz CT molecular complexity index is 3540. The first-order valence-electron chi connectivity index (χ1n) is 28.3. The van der Waals surface area contributed by atoms with E-state index in [0.717, 1.165) is 52.2 Å². The Balaban J connectivity index is 1.06. The first-order valence-corrected chi connectivity index (χ1v) is 28.7. The average Bonchev–Trinajstić information content (AvgIpc) is 1.89. The quantitative estimate of drug-likeness (QED) is 0.0671. The van der Waals surface area contributed by atoms with Gasteiger partial charge in [-0.1, -0.05) is 66.2 Å². The molecule has 0 bridgehead atoms. The molecule has 3 aromatic heterocycles. The molecule has 2 fully saturated rings. The van der Waals surface area contributed by atoms with E-state index in [1.165, 1.54) is 13.0 Å². The number of hydrogen-bond acceptors (Lipinski definition) is 15. The second kappa shape index (κ2) is 25.2. The zero-order valence-electron chi connectivity index (χ0n) is 48.5. The summed E-state index contributed by atoms with van der Waals surface area (Å²) in [5, 5.41) is -0.359. The lowest BCUT2D eigenvalue weighted by molar-refractivity contribution is -0.137. The van der Waals surface area contributed by atoms with Gasteiger partial charge in [0.2, 0.25) is 0 Å². The Hall–Kier alpha value is -8.13. The van der Waals surface area contributed by atoms with Crippen molar-refractivity contribution in [2.75, 3.05) is 76.0 Å². The van der Waals surface area contributed by atoms with Crippen molar-refractivity contribution in [2.45, 2.75) is 90.2 Å². The number of alkyl halides is 3. The Morgan fingerprint density at radius 2 is 1.29 bits per heavy atom. The van der Waals surface area contributed by atoms with Crippen LogP contribution in [0.5, 0.6) is 34.8 Å². The Morgan fingerprint density at radius 1 is 0.741 bits per heavy atom. The second-order valence-corrected chi connectivity index (χ2v) is 22.1. The van der Waals surface area contributed by atoms with E-state index in [1.807, 2.05) is 109 Å². The lowest BCUT2D eigenvalue weighted by atomic mass is 9.98. The third-order valence-electron chi connectivity index (χ3n) is 16.2. The number of methoxy groups -OCH3 is 4. The number of hydrogen-bond donors (Lipinski definition) is 0. The highest BCUT2D eigenvalue weighted by Gasteiger charge is 2.42. The molecule has 4 atom stereocenters. The zero-order chi connectivity index (χ0) is 59.5. The van der Waals surface area contributed by atoms with Crippen LogP contribution in [-0.4, -0.2) is 104 Å². The molecule has 444 valence electrons. The lowest BCUT2D eigenvalue weighted by Gasteiger charge is -2.37. The van der Waals surface area contributed by atoms with Gasteiger partial charge in [0.1, 0.15) is 59.2 Å². The molecule has 0 unspecified atom stereocenters. The molecule has 11 rings (SSSR count). The Morgan fingerprint density at radius 3 is 1.84 bits per heavy atom. The number of benzene rings is 5. The molecule has 2 saturated heterocycles. The molecule has 0 N–H and O–H groups in total. The minimum absolute atomic E-state index is 0.0164. The van der Waals surface area contributed by atoms with Gasteiger partial charge in [0.25, 0.3) is 0 Å². The van der Waals surface area contributed by atoms with E-state index in [0.29, 0.717) is 43.6 Å². The summed E-state index contributed by atoms with van der Waals surface area (Å²) in [6.45, 7) is 8.28. The fourth-order valence-corrected chi connectivity index (χ4v) is 12.1. The molecule has 5 aromatic carbocycles. The molecule has 15 nitrogen and oxygen atoms in total. The van der Waals surface area contributed by atoms with Crippen molar-refractivity contribution < 1.29 is 50.7 Å². The van der Waals surface area contributed by atoms with Gasteiger partial charge in [0, 0.05) is 56.6 Å². The summed E-state index contributed by atoms with van der Waals surface area (Å²) in [7, 11) is 6.39. The van der Waals surface area contributed by atoms with Crippen LogP contribution in [0.2, 0.25) is 5.02 Å². The standard InChI is InChI=1S/C65H67ClF4N8O7/c1-39-31-53(75(33-42-10-20-48(79-4)21-11-42)34-43-12-22-49(80-5)23-13-43)72-59(56(39)65(68,69)70)54-57(66)61-55-60(58(54)67)73-64(85-38-47-19-18-46-37-84-40(2)32-78(46)47)74-63(55)77(29-30-83-61)41(3)52-9-8-28-71-62(52)76(35-44-14-24-50(81-6)25-15-44)36-45-16-26-51(82-7)27-17-45/h8-17,20-28,31,40-41,46-47H,18-19,29-30,32-38H2,1-7H3/t40-,41-,46+,47+/m1/s1. The number of morpholine rings is 1. The Kier molecular flexibility index (Phi) is 17.4. The number of halogens is 5. The Labute approximate surface area is 497 Å². The largest absolute Gasteiger partial charge is 0.497 e. The smallest absolute Gasteiger partial charge is 0.418 e. The number of aromatic nitrogens is 4. The maximum Gasteiger partial charge on any atom is 0.418 e. The van der Waals surface area contributed by atoms with E-state index in [-0.39, 0.29) is 90.9 Å². The summed E-state index contributed by atoms with van der Waals surface area (Å²) in [5.41, 5.74) is 1.34. The summed E-state index contributed by atoms with van der Waals surface area (Å²) in [4.78, 5) is 28.1. The SMILES string of the molecule is COc1ccc(CN(Cc2ccc(OC)cc2)c2cc(C)c(C(F)(F)F)c(-c3c(Cl)c4c5c(nc(OC[C@@H]6CC[C@H]7CO[C@H](C)CN67)nc5c3F)N([C@H](C)c3cccnc3N(Cc3ccc(OC)cc3)Cc3ccc(OC)cc3)CCO4)n2)cc1. The van der Waals surface area contributed by atoms with Crippen LogP contribution in [0.1, 0.15) is 71.7 Å². The van der Waals surface area contributed by atoms with Crippen molar-refractivity contribution in [1.82, 2.24) is 24.8 Å². The van der Waals surface area contributed by atoms with Gasteiger partial charge in [-0.25, -0.2) is 14.4 Å². The molecular weight excluding hydrogens is 1120 g/mol. The van der Waals surface area contributed by atoms with Gasteiger partial charge in [0.15, 0.2) is 11.6 Å². The first kappa shape index (κ1) is 58.6. The zero-order valence-corrected chi connectivity index (χ0v) is 49.2. The first-order chi connectivity index (χ1) is 41.1. The second-order valence-electron chi connectivity index (χ2n) is 21.7. The van der Waals surface area contributed by atoms with Gasteiger partial charge >= 0.3 is 12.2 Å². The van der Waals surface area contributed by atoms with Gasteiger partial charge < -0.3 is 47.9 Å². The van der Waals surface area contributed by atoms with Crippen LogP contribution in [0, 0.1) is 12.7 Å². The summed E-state index contributed by atoms with van der Waals surface area (Å²) < 4.78 is 107. The van der Waals surface area contributed by atoms with Crippen LogP contribution in [0.4, 0.5) is 35.0 Å². The van der Waals surface area contributed by atoms with E-state index >= 15 is 17.6 Å². The normalized spacial score (nSPS) is 17.2. The molecule has 3 aliphatic rings. The maximum atomic E-state index is 18.7. The number of aryl methyl sites for hydroxylation is 1. The number of anilines is 3. The van der Waals surface area contributed by atoms with E-state index in [4.69, 9.17) is 64.7 Å². The summed E-state index contributed by atoms with van der Waals surface area (Å²) >= 11 is 7.43. The predicted octanol–water partition coefficient (Wildman–Crippen LogP) is 13.2. The topological polar surface area (TPSA) is 129 Å². The van der Waals surface area contributed by atoms with E-state index < -0.39 is 39.9 Å². The van der Waals surface area contributed by atoms with Gasteiger partial charge in [0.05, 0.1) is 81.0 Å². The van der Waals surface area contributed by atoms with Crippen molar-refractivity contribution in [3.8, 4) is 46.0 Å². The predicted molar refractivity (Wildman–Crippen MR) is 319 cm³/mol. The monoisotopic (exact) mass is 1180 g/mol. The highest BCUT2D eigenvalue weighted by atomic mass is 35.5. The van der Waals surface area contributed by atoms with Crippen molar-refractivity contribution in [3.05, 3.63) is 171 Å². The summed E-state index contributed by atoms with van der Waals surface area (Å²) in [6.07, 6.45) is -1.54. The number of rotatable bonds is 20. The third-order valence-corrected chi connectivity index (χ3v) is 16.6. The van der Waals surface area contributed by atoms with Crippen LogP contribution in [-0.2, 0) is 37.1 Å². The van der Waals surface area contributed by atoms with E-state index in [9.17, 15) is 0 Å². The van der Waals surface area contributed by atoms with Crippen LogP contribution in [0.3, 0.4) is 0 Å². The lowest BCUT2D eigenvalue weighted by Crippen LogP contribution is -2.49. The molecular formula is C65H67ClF4N8O7. The van der Waals surface area contributed by atoms with Crippen molar-refractivity contribution in [3.63, 3.8) is 0 Å². The molecule has 3 aliphatic heterocycles. The molecule has 0 radical (unpaired) electrons. The van der Waals surface area contributed by atoms with E-state index in [2.05, 4.69) is 9.80 Å². The van der Waals surface area contributed by atoms with Crippen molar-refractivity contribution >= 4 is 40.0 Å². The van der Waals surface area contributed by atoms with Crippen LogP contribution in [0.25, 0.3) is 22.2 Å². The number of nitrogens with zero attached hydrogens (tertiary/aromatic N) is 8. The molecule has 0 spiro atoms. The highest BCUT2D eigenvalue weighted by molar-refractivity contribution is 6.36.